The Hall–Kier alpha value is -11.2. The van der Waals surface area contributed by atoms with Gasteiger partial charge >= 0.3 is 0 Å². The summed E-state index contributed by atoms with van der Waals surface area (Å²) in [5.74, 6) is 0. The highest BCUT2D eigenvalue weighted by atomic mass is 15.0. The molecule has 0 spiro atoms. The lowest BCUT2D eigenvalue weighted by Gasteiger charge is -2.16. The van der Waals surface area contributed by atoms with Crippen LogP contribution in [0, 0.1) is 17.9 Å². The van der Waals surface area contributed by atoms with Crippen molar-refractivity contribution in [2.24, 2.45) is 0 Å². The van der Waals surface area contributed by atoms with Crippen molar-refractivity contribution >= 4 is 92.9 Å². The molecule has 0 fully saturated rings. The molecular weight excluding hydrogens is 973 g/mol. The Bertz CT molecular complexity index is 4990. The summed E-state index contributed by atoms with van der Waals surface area (Å²) in [7, 11) is 0. The van der Waals surface area contributed by atoms with Crippen LogP contribution in [-0.4, -0.2) is 18.3 Å². The maximum absolute atomic E-state index is 9.53. The van der Waals surface area contributed by atoms with E-state index in [4.69, 9.17) is 6.57 Å². The van der Waals surface area contributed by atoms with E-state index in [1.165, 1.54) is 43.1 Å². The van der Waals surface area contributed by atoms with E-state index in [2.05, 4.69) is 248 Å². The molecule has 0 atom stereocenters. The first-order valence-corrected chi connectivity index (χ1v) is 26.9. The third kappa shape index (κ3) is 6.90. The second kappa shape index (κ2) is 17.7. The van der Waals surface area contributed by atoms with Gasteiger partial charge in [0.1, 0.15) is 0 Å². The molecule has 0 bridgehead atoms. The third-order valence-electron chi connectivity index (χ3n) is 16.4. The van der Waals surface area contributed by atoms with Crippen LogP contribution in [0.2, 0.25) is 0 Å². The minimum absolute atomic E-state index is 0.630. The summed E-state index contributed by atoms with van der Waals surface area (Å²) in [6, 6.07) is 98.1. The van der Waals surface area contributed by atoms with Crippen molar-refractivity contribution < 1.29 is 0 Å². The van der Waals surface area contributed by atoms with E-state index < -0.39 is 0 Å². The Morgan fingerprint density at radius 2 is 0.588 bits per heavy atom. The average Bonchev–Trinajstić information content (AvgIpc) is 4.31. The molecule has 6 nitrogen and oxygen atoms in total. The maximum atomic E-state index is 9.53. The fourth-order valence-electron chi connectivity index (χ4n) is 12.7. The molecule has 6 heteroatoms. The summed E-state index contributed by atoms with van der Waals surface area (Å²) in [5, 5.41) is 19.0. The number of benzene rings is 12. The van der Waals surface area contributed by atoms with E-state index in [-0.39, 0.29) is 0 Å². The lowest BCUT2D eigenvalue weighted by atomic mass is 10.0. The quantitative estimate of drug-likeness (QED) is 0.147. The molecule has 0 unspecified atom stereocenters. The van der Waals surface area contributed by atoms with E-state index in [9.17, 15) is 5.26 Å². The second-order valence-electron chi connectivity index (χ2n) is 20.7. The Kier molecular flexibility index (Phi) is 9.96. The number of fused-ring (bicyclic) bond motifs is 12. The van der Waals surface area contributed by atoms with Gasteiger partial charge in [-0.1, -0.05) is 140 Å². The monoisotopic (exact) mass is 1020 g/mol. The van der Waals surface area contributed by atoms with Crippen LogP contribution in [0.5, 0.6) is 0 Å². The molecule has 16 rings (SSSR count). The van der Waals surface area contributed by atoms with Gasteiger partial charge in [-0.05, 0) is 161 Å². The Morgan fingerprint density at radius 3 is 0.950 bits per heavy atom. The van der Waals surface area contributed by atoms with Crippen LogP contribution < -0.4 is 0 Å². The van der Waals surface area contributed by atoms with Crippen molar-refractivity contribution in [3.63, 3.8) is 0 Å². The molecule has 370 valence electrons. The molecule has 0 aliphatic rings. The van der Waals surface area contributed by atoms with Gasteiger partial charge in [-0.3, -0.25) is 0 Å². The van der Waals surface area contributed by atoms with Crippen molar-refractivity contribution in [1.29, 1.82) is 5.26 Å². The first-order chi connectivity index (χ1) is 39.6. The Morgan fingerprint density at radius 1 is 0.263 bits per heavy atom. The number of nitrogens with zero attached hydrogens (tertiary/aromatic N) is 6. The maximum Gasteiger partial charge on any atom is 0.187 e. The molecule has 0 amide bonds. The van der Waals surface area contributed by atoms with Crippen LogP contribution >= 0.6 is 0 Å². The highest BCUT2D eigenvalue weighted by Gasteiger charge is 2.21. The minimum Gasteiger partial charge on any atom is -0.309 e. The Balaban J connectivity index is 0.844. The highest BCUT2D eigenvalue weighted by molar-refractivity contribution is 6.15. The lowest BCUT2D eigenvalue weighted by Crippen LogP contribution is -2.00. The summed E-state index contributed by atoms with van der Waals surface area (Å²) >= 11 is 0. The van der Waals surface area contributed by atoms with E-state index in [0.29, 0.717) is 11.3 Å². The number of hydrogen-bond donors (Lipinski definition) is 0. The van der Waals surface area contributed by atoms with Crippen LogP contribution in [0.15, 0.2) is 267 Å². The first kappa shape index (κ1) is 45.1. The number of hydrogen-bond acceptors (Lipinski definition) is 1. The summed E-state index contributed by atoms with van der Waals surface area (Å²) < 4.78 is 9.49. The van der Waals surface area contributed by atoms with Crippen LogP contribution in [0.1, 0.15) is 5.56 Å². The normalized spacial score (nSPS) is 11.7. The minimum atomic E-state index is 0.630. The predicted octanol–water partition coefficient (Wildman–Crippen LogP) is 19.5. The van der Waals surface area contributed by atoms with Crippen molar-refractivity contribution in [1.82, 2.24) is 18.3 Å². The van der Waals surface area contributed by atoms with Crippen LogP contribution in [-0.2, 0) is 0 Å². The van der Waals surface area contributed by atoms with Crippen LogP contribution in [0.25, 0.3) is 148 Å². The molecule has 4 aromatic heterocycles. The van der Waals surface area contributed by atoms with E-state index >= 15 is 0 Å². The van der Waals surface area contributed by atoms with Crippen molar-refractivity contribution in [2.75, 3.05) is 0 Å². The predicted molar refractivity (Wildman–Crippen MR) is 331 cm³/mol. The second-order valence-corrected chi connectivity index (χ2v) is 20.7. The molecule has 12 aromatic carbocycles. The Labute approximate surface area is 460 Å². The van der Waals surface area contributed by atoms with E-state index in [0.717, 1.165) is 100 Å². The molecule has 80 heavy (non-hydrogen) atoms. The molecule has 0 aliphatic carbocycles. The zero-order chi connectivity index (χ0) is 53.0. The van der Waals surface area contributed by atoms with Crippen LogP contribution in [0.4, 0.5) is 5.69 Å². The average molecular weight is 1020 g/mol. The fourth-order valence-corrected chi connectivity index (χ4v) is 12.7. The van der Waals surface area contributed by atoms with Gasteiger partial charge in [0.15, 0.2) is 5.69 Å². The zero-order valence-electron chi connectivity index (χ0n) is 43.1. The zero-order valence-corrected chi connectivity index (χ0v) is 43.1. The molecule has 0 saturated carbocycles. The molecular formula is C74H44N6. The summed E-state index contributed by atoms with van der Waals surface area (Å²) in [4.78, 5) is 3.64. The number of rotatable bonds is 7. The lowest BCUT2D eigenvalue weighted by molar-refractivity contribution is 1.13. The number of nitriles is 1. The van der Waals surface area contributed by atoms with Crippen molar-refractivity contribution in [2.45, 2.75) is 0 Å². The van der Waals surface area contributed by atoms with Crippen molar-refractivity contribution in [3.8, 4) is 62.2 Å². The SMILES string of the molecule is [C-]#[N+]c1ccc(-n2c3ccccc3c3cc(-c4ccc5c(c4)c4ccccc4n5-c4cc(-c5ccccc5)cc(-n5c6ccccc6c6cc(-c7ccc8c(c7)c7ccccc7n8-c7ccc(C#N)cc7)ccc65)c4)ccc32)cc1. The number of para-hydroxylation sites is 4. The van der Waals surface area contributed by atoms with Gasteiger partial charge in [0.05, 0.1) is 62.3 Å². The van der Waals surface area contributed by atoms with Crippen molar-refractivity contribution in [3.05, 3.63) is 284 Å². The van der Waals surface area contributed by atoms with Gasteiger partial charge in [-0.25, -0.2) is 4.85 Å². The molecule has 0 aliphatic heterocycles. The topological polar surface area (TPSA) is 47.9 Å². The smallest absolute Gasteiger partial charge is 0.187 e. The molecule has 16 aromatic rings. The van der Waals surface area contributed by atoms with Gasteiger partial charge in [0.25, 0.3) is 0 Å². The summed E-state index contributed by atoms with van der Waals surface area (Å²) in [5.41, 5.74) is 21.4. The first-order valence-electron chi connectivity index (χ1n) is 26.9. The van der Waals surface area contributed by atoms with Gasteiger partial charge < -0.3 is 18.3 Å². The van der Waals surface area contributed by atoms with E-state index in [1.54, 1.807) is 0 Å². The van der Waals surface area contributed by atoms with Gasteiger partial charge in [-0.15, -0.1) is 0 Å². The molecule has 0 radical (unpaired) electrons. The van der Waals surface area contributed by atoms with Crippen LogP contribution in [0.3, 0.4) is 0 Å². The number of aromatic nitrogens is 4. The molecule has 0 saturated heterocycles. The summed E-state index contributed by atoms with van der Waals surface area (Å²) in [6.07, 6.45) is 0. The summed E-state index contributed by atoms with van der Waals surface area (Å²) in [6.45, 7) is 7.51. The molecule has 4 heterocycles. The van der Waals surface area contributed by atoms with Gasteiger partial charge in [0.2, 0.25) is 0 Å². The largest absolute Gasteiger partial charge is 0.309 e. The van der Waals surface area contributed by atoms with Gasteiger partial charge in [0, 0.05) is 65.8 Å². The standard InChI is InChI=1S/C74H44N6/c1-76-54-29-33-56(34-30-54)78-68-20-10-6-16-60(68)64-42-50(26-36-72(64)78)52-28-38-74-66(44-52)62-18-8-12-22-70(62)80(74)58-40-53(48-13-3-2-4-14-48)39-57(45-58)79-69-21-11-7-17-61(69)65-43-51(27-37-73(65)79)49-25-35-71-63(41-49)59-15-5-9-19-67(59)77(71)55-31-23-47(46-75)24-32-55/h2-45H. The molecule has 0 N–H and O–H groups in total. The fraction of sp³-hybridized carbons (Fsp3) is 0. The third-order valence-corrected chi connectivity index (χ3v) is 16.4. The highest BCUT2D eigenvalue weighted by Crippen LogP contribution is 2.43. The van der Waals surface area contributed by atoms with Gasteiger partial charge in [-0.2, -0.15) is 5.26 Å². The van der Waals surface area contributed by atoms with E-state index in [1.807, 2.05) is 48.5 Å².